The summed E-state index contributed by atoms with van der Waals surface area (Å²) in [5.41, 5.74) is -0.0960. The molecule has 0 amide bonds. The fourth-order valence-corrected chi connectivity index (χ4v) is 3.35. The Kier molecular flexibility index (Phi) is 4.64. The Morgan fingerprint density at radius 1 is 1.46 bits per heavy atom. The van der Waals surface area contributed by atoms with Crippen molar-refractivity contribution < 1.29 is 13.9 Å². The van der Waals surface area contributed by atoms with Crippen LogP contribution in [0.25, 0.3) is 0 Å². The molecule has 0 aliphatic heterocycles. The van der Waals surface area contributed by atoms with Gasteiger partial charge in [-0.05, 0) is 18.4 Å². The second kappa shape index (κ2) is 6.71. The Bertz CT molecular complexity index is 879. The van der Waals surface area contributed by atoms with Crippen molar-refractivity contribution in [1.29, 1.82) is 5.26 Å². The molecule has 0 unspecified atom stereocenters. The average molecular weight is 349 g/mol. The van der Waals surface area contributed by atoms with E-state index >= 15 is 0 Å². The van der Waals surface area contributed by atoms with Gasteiger partial charge < -0.3 is 10.1 Å². The Labute approximate surface area is 140 Å². The molecule has 5 nitrogen and oxygen atoms in total. The van der Waals surface area contributed by atoms with Gasteiger partial charge in [-0.1, -0.05) is 23.9 Å². The minimum Gasteiger partial charge on any atom is -0.396 e. The monoisotopic (exact) mass is 349 g/mol. The first-order valence-corrected chi connectivity index (χ1v) is 8.24. The van der Waals surface area contributed by atoms with Gasteiger partial charge in [-0.25, -0.2) is 13.8 Å². The predicted molar refractivity (Wildman–Crippen MR) is 83.4 cm³/mol. The Hall–Kier alpha value is -2.24. The number of aromatic nitrogens is 2. The summed E-state index contributed by atoms with van der Waals surface area (Å²) in [5.74, 6) is -1.88. The number of H-pyrrole nitrogens is 1. The van der Waals surface area contributed by atoms with Crippen molar-refractivity contribution in [3.63, 3.8) is 0 Å². The number of nitrogens with zero attached hydrogens (tertiary/aromatic N) is 2. The zero-order chi connectivity index (χ0) is 17.3. The van der Waals surface area contributed by atoms with Crippen molar-refractivity contribution >= 4 is 11.8 Å². The van der Waals surface area contributed by atoms with Crippen LogP contribution in [-0.4, -0.2) is 21.7 Å². The number of halogens is 2. The molecule has 1 saturated carbocycles. The van der Waals surface area contributed by atoms with E-state index in [0.717, 1.165) is 17.8 Å². The maximum absolute atomic E-state index is 13.7. The van der Waals surface area contributed by atoms with E-state index in [4.69, 9.17) is 10.4 Å². The zero-order valence-electron chi connectivity index (χ0n) is 12.4. The lowest BCUT2D eigenvalue weighted by Crippen LogP contribution is -2.16. The highest BCUT2D eigenvalue weighted by atomic mass is 32.2. The van der Waals surface area contributed by atoms with E-state index in [2.05, 4.69) is 9.97 Å². The van der Waals surface area contributed by atoms with Crippen LogP contribution in [0.4, 0.5) is 8.78 Å². The van der Waals surface area contributed by atoms with Crippen LogP contribution in [0.15, 0.2) is 28.2 Å². The maximum atomic E-state index is 13.7. The van der Waals surface area contributed by atoms with Crippen LogP contribution >= 0.6 is 11.8 Å². The summed E-state index contributed by atoms with van der Waals surface area (Å²) in [6.07, 6.45) is 0.671. The molecule has 24 heavy (non-hydrogen) atoms. The van der Waals surface area contributed by atoms with E-state index in [0.29, 0.717) is 12.1 Å². The lowest BCUT2D eigenvalue weighted by Gasteiger charge is -2.07. The molecule has 1 aliphatic rings. The van der Waals surface area contributed by atoms with Crippen LogP contribution in [-0.2, 0) is 5.75 Å². The summed E-state index contributed by atoms with van der Waals surface area (Å²) in [7, 11) is 0. The predicted octanol–water partition coefficient (Wildman–Crippen LogP) is 2.31. The third kappa shape index (κ3) is 3.18. The number of aliphatic hydroxyl groups excluding tert-OH is 1. The summed E-state index contributed by atoms with van der Waals surface area (Å²) in [6.45, 7) is -0.0268. The van der Waals surface area contributed by atoms with Gasteiger partial charge in [0.25, 0.3) is 5.56 Å². The minimum atomic E-state index is -0.932. The van der Waals surface area contributed by atoms with Crippen LogP contribution in [0.1, 0.15) is 29.2 Å². The molecular formula is C16H13F2N3O2S. The molecule has 3 rings (SSSR count). The first-order chi connectivity index (χ1) is 11.5. The van der Waals surface area contributed by atoms with E-state index < -0.39 is 17.2 Å². The second-order valence-corrected chi connectivity index (χ2v) is 6.49. The highest BCUT2D eigenvalue weighted by Crippen LogP contribution is 2.47. The van der Waals surface area contributed by atoms with Gasteiger partial charge in [0.05, 0.1) is 5.69 Å². The quantitative estimate of drug-likeness (QED) is 0.639. The first-order valence-electron chi connectivity index (χ1n) is 7.26. The Balaban J connectivity index is 1.85. The van der Waals surface area contributed by atoms with Crippen molar-refractivity contribution in [3.8, 4) is 6.07 Å². The zero-order valence-corrected chi connectivity index (χ0v) is 13.2. The van der Waals surface area contributed by atoms with E-state index in [1.54, 1.807) is 0 Å². The number of thioether (sulfide) groups is 1. The molecule has 1 fully saturated rings. The largest absolute Gasteiger partial charge is 0.396 e. The number of hydrogen-bond acceptors (Lipinski definition) is 5. The Morgan fingerprint density at radius 2 is 2.25 bits per heavy atom. The van der Waals surface area contributed by atoms with E-state index in [1.165, 1.54) is 12.1 Å². The number of nitriles is 1. The number of nitrogens with one attached hydrogen (secondary N) is 1. The van der Waals surface area contributed by atoms with Crippen molar-refractivity contribution in [1.82, 2.24) is 9.97 Å². The van der Waals surface area contributed by atoms with E-state index in [-0.39, 0.29) is 40.5 Å². The van der Waals surface area contributed by atoms with Gasteiger partial charge in [0.2, 0.25) is 0 Å². The standard InChI is InChI=1S/C16H13F2N3O2S/c17-12-3-1-2-8(13(12)18)7-24-16-20-14(10-4-9(10)6-22)11(5-19)15(23)21-16/h1-3,9-10,22H,4,6-7H2,(H,20,21,23)/t9-,10+/m0/s1. The highest BCUT2D eigenvalue weighted by molar-refractivity contribution is 7.98. The summed E-state index contributed by atoms with van der Waals surface area (Å²) in [4.78, 5) is 18.8. The molecule has 2 N–H and O–H groups in total. The van der Waals surface area contributed by atoms with Crippen LogP contribution in [0, 0.1) is 28.9 Å². The van der Waals surface area contributed by atoms with Crippen LogP contribution in [0.2, 0.25) is 0 Å². The molecule has 0 bridgehead atoms. The molecular weight excluding hydrogens is 336 g/mol. The fraction of sp³-hybridized carbons (Fsp3) is 0.312. The molecule has 124 valence electrons. The summed E-state index contributed by atoms with van der Waals surface area (Å²) < 4.78 is 26.9. The maximum Gasteiger partial charge on any atom is 0.269 e. The molecule has 0 radical (unpaired) electrons. The fourth-order valence-electron chi connectivity index (χ4n) is 2.50. The van der Waals surface area contributed by atoms with Gasteiger partial charge in [0.1, 0.15) is 11.6 Å². The minimum absolute atomic E-state index is 0.00455. The number of hydrogen-bond donors (Lipinski definition) is 2. The molecule has 2 atom stereocenters. The van der Waals surface area contributed by atoms with Crippen molar-refractivity contribution in [2.24, 2.45) is 5.92 Å². The number of rotatable bonds is 5. The second-order valence-electron chi connectivity index (χ2n) is 5.53. The van der Waals surface area contributed by atoms with Gasteiger partial charge >= 0.3 is 0 Å². The molecule has 1 aliphatic carbocycles. The third-order valence-electron chi connectivity index (χ3n) is 3.94. The van der Waals surface area contributed by atoms with Crippen molar-refractivity contribution in [2.75, 3.05) is 6.61 Å². The SMILES string of the molecule is N#Cc1c([C@@H]2C[C@H]2CO)nc(SCc2cccc(F)c2F)[nH]c1=O. The summed E-state index contributed by atoms with van der Waals surface area (Å²) in [5, 5.41) is 18.5. The van der Waals surface area contributed by atoms with Gasteiger partial charge in [-0.2, -0.15) is 5.26 Å². The molecule has 0 saturated heterocycles. The topological polar surface area (TPSA) is 89.8 Å². The third-order valence-corrected chi connectivity index (χ3v) is 4.86. The first kappa shape index (κ1) is 16.6. The van der Waals surface area contributed by atoms with Crippen LogP contribution in [0.3, 0.4) is 0 Å². The number of aliphatic hydroxyl groups is 1. The van der Waals surface area contributed by atoms with Crippen LogP contribution < -0.4 is 5.56 Å². The van der Waals surface area contributed by atoms with Gasteiger partial charge in [-0.15, -0.1) is 0 Å². The van der Waals surface area contributed by atoms with Gasteiger partial charge in [-0.3, -0.25) is 4.79 Å². The van der Waals surface area contributed by atoms with Crippen LogP contribution in [0.5, 0.6) is 0 Å². The number of aromatic amines is 1. The summed E-state index contributed by atoms with van der Waals surface area (Å²) in [6, 6.07) is 5.74. The normalized spacial score (nSPS) is 19.1. The molecule has 8 heteroatoms. The molecule has 2 aromatic rings. The van der Waals surface area contributed by atoms with Crippen molar-refractivity contribution in [3.05, 3.63) is 57.0 Å². The lowest BCUT2D eigenvalue weighted by molar-refractivity contribution is 0.273. The van der Waals surface area contributed by atoms with E-state index in [9.17, 15) is 13.6 Å². The average Bonchev–Trinajstić information content (AvgIpc) is 3.35. The molecule has 1 aromatic carbocycles. The molecule has 1 aromatic heterocycles. The summed E-state index contributed by atoms with van der Waals surface area (Å²) >= 11 is 1.05. The molecule has 1 heterocycles. The molecule has 0 spiro atoms. The van der Waals surface area contributed by atoms with E-state index in [1.807, 2.05) is 6.07 Å². The highest BCUT2D eigenvalue weighted by Gasteiger charge is 2.41. The lowest BCUT2D eigenvalue weighted by atomic mass is 10.1. The smallest absolute Gasteiger partial charge is 0.269 e. The Morgan fingerprint density at radius 3 is 2.92 bits per heavy atom. The van der Waals surface area contributed by atoms with Gasteiger partial charge in [0.15, 0.2) is 16.8 Å². The number of benzene rings is 1. The van der Waals surface area contributed by atoms with Gasteiger partial charge in [0, 0.05) is 23.8 Å². The van der Waals surface area contributed by atoms with Crippen molar-refractivity contribution in [2.45, 2.75) is 23.2 Å².